The van der Waals surface area contributed by atoms with E-state index < -0.39 is 0 Å². The van der Waals surface area contributed by atoms with Gasteiger partial charge >= 0.3 is 0 Å². The summed E-state index contributed by atoms with van der Waals surface area (Å²) in [6.07, 6.45) is 5.87. The van der Waals surface area contributed by atoms with Crippen molar-refractivity contribution < 1.29 is 9.53 Å². The summed E-state index contributed by atoms with van der Waals surface area (Å²) in [4.78, 5) is 15.4. The molecule has 0 radical (unpaired) electrons. The Bertz CT molecular complexity index is 695. The number of ether oxygens (including phenoxy) is 1. The Labute approximate surface area is 151 Å². The van der Waals surface area contributed by atoms with E-state index in [9.17, 15) is 4.79 Å². The summed E-state index contributed by atoms with van der Waals surface area (Å²) in [6.45, 7) is 0. The van der Waals surface area contributed by atoms with E-state index in [1.54, 1.807) is 28.9 Å². The molecular formula is C15H17BrIN3O2. The van der Waals surface area contributed by atoms with Crippen LogP contribution in [0, 0.1) is 0 Å². The minimum Gasteiger partial charge on any atom is -0.490 e. The molecule has 1 aromatic carbocycles. The molecule has 1 aromatic heterocycles. The summed E-state index contributed by atoms with van der Waals surface area (Å²) in [7, 11) is 1.98. The van der Waals surface area contributed by atoms with Crippen LogP contribution in [0.2, 0.25) is 0 Å². The van der Waals surface area contributed by atoms with Gasteiger partial charge in [-0.3, -0.25) is 4.79 Å². The van der Waals surface area contributed by atoms with Crippen LogP contribution in [0.5, 0.6) is 5.75 Å². The highest BCUT2D eigenvalue weighted by molar-refractivity contribution is 14.1. The average molecular weight is 478 g/mol. The highest BCUT2D eigenvalue weighted by Gasteiger charge is 2.23. The Kier molecular flexibility index (Phi) is 4.91. The van der Waals surface area contributed by atoms with Gasteiger partial charge in [-0.05, 0) is 47.7 Å². The van der Waals surface area contributed by atoms with Crippen molar-refractivity contribution in [1.82, 2.24) is 14.9 Å². The zero-order valence-electron chi connectivity index (χ0n) is 12.2. The number of nitrogens with one attached hydrogen (secondary N) is 1. The van der Waals surface area contributed by atoms with Crippen LogP contribution in [0.15, 0.2) is 22.9 Å². The molecule has 1 heterocycles. The van der Waals surface area contributed by atoms with Crippen molar-refractivity contribution in [1.29, 1.82) is 0 Å². The van der Waals surface area contributed by atoms with Gasteiger partial charge in [-0.2, -0.15) is 0 Å². The molecule has 1 aliphatic carbocycles. The predicted octanol–water partition coefficient (Wildman–Crippen LogP) is 4.17. The van der Waals surface area contributed by atoms with Crippen molar-refractivity contribution in [3.63, 3.8) is 0 Å². The largest absolute Gasteiger partial charge is 0.490 e. The first-order valence-electron chi connectivity index (χ1n) is 7.26. The fraction of sp³-hybridized carbons (Fsp3) is 0.467. The van der Waals surface area contributed by atoms with Gasteiger partial charge in [0, 0.05) is 46.2 Å². The van der Waals surface area contributed by atoms with E-state index in [-0.39, 0.29) is 16.1 Å². The van der Waals surface area contributed by atoms with Crippen molar-refractivity contribution in [2.24, 2.45) is 7.05 Å². The Balaban J connectivity index is 1.67. The second-order valence-corrected chi connectivity index (χ2v) is 7.47. The fourth-order valence-corrected chi connectivity index (χ4v) is 3.88. The number of nitrogens with zero attached hydrogens (tertiary/aromatic N) is 2. The maximum Gasteiger partial charge on any atom is 0.280 e. The van der Waals surface area contributed by atoms with Crippen molar-refractivity contribution in [2.45, 2.75) is 37.8 Å². The highest BCUT2D eigenvalue weighted by atomic mass is 127. The zero-order valence-corrected chi connectivity index (χ0v) is 15.9. The van der Waals surface area contributed by atoms with Gasteiger partial charge in [-0.25, -0.2) is 4.98 Å². The molecule has 1 saturated carbocycles. The van der Waals surface area contributed by atoms with Gasteiger partial charge in [0.15, 0.2) is 0 Å². The van der Waals surface area contributed by atoms with E-state index in [0.29, 0.717) is 0 Å². The van der Waals surface area contributed by atoms with Crippen LogP contribution in [0.1, 0.15) is 25.7 Å². The van der Waals surface area contributed by atoms with Gasteiger partial charge in [-0.1, -0.05) is 0 Å². The third-order valence-electron chi connectivity index (χ3n) is 4.05. The van der Waals surface area contributed by atoms with E-state index in [2.05, 4.69) is 26.2 Å². The molecule has 1 aliphatic rings. The van der Waals surface area contributed by atoms with Crippen molar-refractivity contribution in [3.05, 3.63) is 22.9 Å². The zero-order chi connectivity index (χ0) is 15.7. The molecule has 3 rings (SSSR count). The minimum absolute atomic E-state index is 0.0209. The molecule has 1 N–H and O–H groups in total. The molecule has 118 valence electrons. The molecule has 22 heavy (non-hydrogen) atoms. The number of aromatic nitrogens is 2. The van der Waals surface area contributed by atoms with E-state index >= 15 is 0 Å². The molecule has 1 amide bonds. The first kappa shape index (κ1) is 16.0. The number of halogens is 2. The third kappa shape index (κ3) is 3.56. The van der Waals surface area contributed by atoms with Crippen LogP contribution in [0.25, 0.3) is 11.0 Å². The van der Waals surface area contributed by atoms with Crippen LogP contribution >= 0.6 is 38.5 Å². The number of hydrogen-bond acceptors (Lipinski definition) is 3. The lowest BCUT2D eigenvalue weighted by Crippen LogP contribution is -2.37. The maximum atomic E-state index is 11.1. The van der Waals surface area contributed by atoms with Gasteiger partial charge < -0.3 is 14.6 Å². The van der Waals surface area contributed by atoms with Gasteiger partial charge in [-0.15, -0.1) is 0 Å². The molecule has 0 bridgehead atoms. The molecular weight excluding hydrogens is 461 g/mol. The number of carbonyl (C=O) groups is 1. The Morgan fingerprint density at radius 1 is 1.41 bits per heavy atom. The SMILES string of the molecule is Cn1cnc2c(Br)cc(OC3CCC(NC(=O)I)CC3)cc21. The predicted molar refractivity (Wildman–Crippen MR) is 97.6 cm³/mol. The van der Waals surface area contributed by atoms with Crippen LogP contribution in [-0.2, 0) is 7.05 Å². The van der Waals surface area contributed by atoms with Gasteiger partial charge in [0.05, 0.1) is 17.9 Å². The number of benzene rings is 1. The standard InChI is InChI=1S/C15H17BrIN3O2/c1-20-8-18-14-12(16)6-11(7-13(14)20)22-10-4-2-9(3-5-10)19-15(17)21/h6-10H,2-5H2,1H3,(H,19,21). The van der Waals surface area contributed by atoms with Gasteiger partial charge in [0.25, 0.3) is 3.91 Å². The summed E-state index contributed by atoms with van der Waals surface area (Å²) in [5.74, 6) is 0.865. The molecule has 0 unspecified atom stereocenters. The normalized spacial score (nSPS) is 21.8. The molecule has 0 atom stereocenters. The number of hydrogen-bond donors (Lipinski definition) is 1. The van der Waals surface area contributed by atoms with Gasteiger partial charge in [0.2, 0.25) is 0 Å². The number of imidazole rings is 1. The number of carbonyl (C=O) groups excluding carboxylic acids is 1. The number of fused-ring (bicyclic) bond motifs is 1. The molecule has 0 saturated heterocycles. The van der Waals surface area contributed by atoms with Crippen molar-refractivity contribution in [2.75, 3.05) is 0 Å². The summed E-state index contributed by atoms with van der Waals surface area (Å²) in [5.41, 5.74) is 2.00. The van der Waals surface area contributed by atoms with Gasteiger partial charge in [0.1, 0.15) is 11.3 Å². The lowest BCUT2D eigenvalue weighted by atomic mass is 9.93. The second kappa shape index (κ2) is 6.74. The van der Waals surface area contributed by atoms with E-state index in [1.165, 1.54) is 0 Å². The Morgan fingerprint density at radius 2 is 2.14 bits per heavy atom. The molecule has 0 aliphatic heterocycles. The Hall–Kier alpha value is -0.830. The lowest BCUT2D eigenvalue weighted by molar-refractivity contribution is 0.142. The third-order valence-corrected chi connectivity index (χ3v) is 4.97. The summed E-state index contributed by atoms with van der Waals surface area (Å²) in [6, 6.07) is 4.30. The molecule has 0 spiro atoms. The number of amides is 1. The van der Waals surface area contributed by atoms with E-state index in [1.807, 2.05) is 23.7 Å². The van der Waals surface area contributed by atoms with Crippen LogP contribution in [-0.4, -0.2) is 25.6 Å². The molecule has 7 heteroatoms. The summed E-state index contributed by atoms with van der Waals surface area (Å²) in [5, 5.41) is 2.98. The van der Waals surface area contributed by atoms with Crippen molar-refractivity contribution >= 4 is 53.5 Å². The lowest BCUT2D eigenvalue weighted by Gasteiger charge is -2.29. The number of aryl methyl sites for hydroxylation is 1. The molecule has 2 aromatic rings. The van der Waals surface area contributed by atoms with Crippen molar-refractivity contribution in [3.8, 4) is 5.75 Å². The topological polar surface area (TPSA) is 56.1 Å². The number of rotatable bonds is 3. The first-order valence-corrected chi connectivity index (χ1v) is 9.13. The monoisotopic (exact) mass is 477 g/mol. The van der Waals surface area contributed by atoms with E-state index in [4.69, 9.17) is 4.74 Å². The minimum atomic E-state index is 0.0209. The summed E-state index contributed by atoms with van der Waals surface area (Å²) < 4.78 is 9.09. The molecule has 5 nitrogen and oxygen atoms in total. The molecule has 1 fully saturated rings. The Morgan fingerprint density at radius 3 is 2.82 bits per heavy atom. The van der Waals surface area contributed by atoms with E-state index in [0.717, 1.165) is 46.9 Å². The summed E-state index contributed by atoms with van der Waals surface area (Å²) >= 11 is 5.35. The van der Waals surface area contributed by atoms with Crippen LogP contribution in [0.4, 0.5) is 4.79 Å². The quantitative estimate of drug-likeness (QED) is 0.410. The first-order chi connectivity index (χ1) is 10.5. The smallest absolute Gasteiger partial charge is 0.280 e. The highest BCUT2D eigenvalue weighted by Crippen LogP contribution is 2.31. The average Bonchev–Trinajstić information content (AvgIpc) is 2.83. The van der Waals surface area contributed by atoms with Crippen LogP contribution < -0.4 is 10.1 Å². The maximum absolute atomic E-state index is 11.1. The fourth-order valence-electron chi connectivity index (χ4n) is 2.91. The van der Waals surface area contributed by atoms with Crippen LogP contribution in [0.3, 0.4) is 0 Å². The second-order valence-electron chi connectivity index (χ2n) is 5.64.